The maximum absolute atomic E-state index is 12.0. The van der Waals surface area contributed by atoms with E-state index < -0.39 is 11.9 Å². The molecule has 1 heterocycles. The van der Waals surface area contributed by atoms with Gasteiger partial charge < -0.3 is 11.1 Å². The molecule has 3 N–H and O–H groups in total. The number of nitrogens with one attached hydrogen (secondary N) is 1. The SMILES string of the molecule is CC(=O)Nc1ccc(N=N[C@@H]2C(=O)N(C(N)=S)N=C2C)cc1. The normalized spacial score (nSPS) is 17.7. The third kappa shape index (κ3) is 3.50. The number of hydrogen-bond donors (Lipinski definition) is 2. The summed E-state index contributed by atoms with van der Waals surface area (Å²) in [6.45, 7) is 3.08. The molecule has 0 bridgehead atoms. The van der Waals surface area contributed by atoms with Crippen molar-refractivity contribution in [3.63, 3.8) is 0 Å². The maximum atomic E-state index is 12.0. The Morgan fingerprint density at radius 1 is 1.41 bits per heavy atom. The Morgan fingerprint density at radius 2 is 2.05 bits per heavy atom. The van der Waals surface area contributed by atoms with Crippen LogP contribution < -0.4 is 11.1 Å². The Bertz CT molecular complexity index is 682. The largest absolute Gasteiger partial charge is 0.374 e. The molecule has 0 unspecified atom stereocenters. The molecular formula is C13H14N6O2S. The molecule has 1 aromatic rings. The lowest BCUT2D eigenvalue weighted by Crippen LogP contribution is -2.37. The van der Waals surface area contributed by atoms with Crippen molar-refractivity contribution in [2.75, 3.05) is 5.32 Å². The number of thiocarbonyl (C=S) groups is 1. The summed E-state index contributed by atoms with van der Waals surface area (Å²) in [5.41, 5.74) is 7.07. The van der Waals surface area contributed by atoms with E-state index in [-0.39, 0.29) is 11.0 Å². The molecule has 0 spiro atoms. The number of carbonyl (C=O) groups is 2. The van der Waals surface area contributed by atoms with E-state index in [0.717, 1.165) is 5.01 Å². The number of azo groups is 1. The van der Waals surface area contributed by atoms with Crippen LogP contribution in [0, 0.1) is 0 Å². The number of nitrogens with zero attached hydrogens (tertiary/aromatic N) is 4. The summed E-state index contributed by atoms with van der Waals surface area (Å²) in [5, 5.41) is 15.4. The van der Waals surface area contributed by atoms with Crippen LogP contribution in [0.3, 0.4) is 0 Å². The molecule has 0 saturated carbocycles. The summed E-state index contributed by atoms with van der Waals surface area (Å²) in [6, 6.07) is 5.90. The van der Waals surface area contributed by atoms with Gasteiger partial charge in [-0.1, -0.05) is 0 Å². The van der Waals surface area contributed by atoms with Gasteiger partial charge in [-0.05, 0) is 43.4 Å². The van der Waals surface area contributed by atoms with Gasteiger partial charge in [0, 0.05) is 12.6 Å². The molecule has 0 aromatic heterocycles. The zero-order chi connectivity index (χ0) is 16.3. The summed E-state index contributed by atoms with van der Waals surface area (Å²) >= 11 is 4.73. The minimum Gasteiger partial charge on any atom is -0.374 e. The van der Waals surface area contributed by atoms with Gasteiger partial charge in [0.05, 0.1) is 11.4 Å². The molecule has 1 aromatic carbocycles. The van der Waals surface area contributed by atoms with Gasteiger partial charge in [0.15, 0.2) is 11.2 Å². The van der Waals surface area contributed by atoms with Gasteiger partial charge in [-0.15, -0.1) is 0 Å². The molecule has 2 rings (SSSR count). The minimum atomic E-state index is -0.823. The van der Waals surface area contributed by atoms with Gasteiger partial charge in [0.25, 0.3) is 5.91 Å². The van der Waals surface area contributed by atoms with Crippen LogP contribution in [-0.2, 0) is 9.59 Å². The lowest BCUT2D eigenvalue weighted by atomic mass is 10.2. The number of nitrogens with two attached hydrogens (primary N) is 1. The molecule has 9 heteroatoms. The molecule has 8 nitrogen and oxygen atoms in total. The number of hydrogen-bond acceptors (Lipinski definition) is 6. The quantitative estimate of drug-likeness (QED) is 0.650. The third-order valence-corrected chi connectivity index (χ3v) is 2.95. The fourth-order valence-corrected chi connectivity index (χ4v) is 1.92. The van der Waals surface area contributed by atoms with Crippen LogP contribution in [0.15, 0.2) is 39.6 Å². The molecule has 2 amide bonds. The Morgan fingerprint density at radius 3 is 2.55 bits per heavy atom. The number of rotatable bonds is 3. The van der Waals surface area contributed by atoms with Crippen molar-refractivity contribution in [2.45, 2.75) is 19.9 Å². The first-order valence-corrected chi connectivity index (χ1v) is 6.76. The monoisotopic (exact) mass is 318 g/mol. The standard InChI is InChI=1S/C13H14N6O2S/c1-7-11(12(21)19(18-7)13(14)22)17-16-10-5-3-9(4-6-10)15-8(2)20/h3-6,11H,1-2H3,(H2,14,22)(H,15,20)/t11-/m0/s1. The minimum absolute atomic E-state index is 0.123. The number of anilines is 1. The van der Waals surface area contributed by atoms with Crippen molar-refractivity contribution in [2.24, 2.45) is 21.1 Å². The highest BCUT2D eigenvalue weighted by Gasteiger charge is 2.35. The van der Waals surface area contributed by atoms with Crippen molar-refractivity contribution in [1.82, 2.24) is 5.01 Å². The van der Waals surface area contributed by atoms with E-state index in [4.69, 9.17) is 18.0 Å². The Hall–Kier alpha value is -2.68. The lowest BCUT2D eigenvalue weighted by molar-refractivity contribution is -0.126. The predicted octanol–water partition coefficient (Wildman–Crippen LogP) is 1.56. The van der Waals surface area contributed by atoms with E-state index >= 15 is 0 Å². The van der Waals surface area contributed by atoms with Crippen molar-refractivity contribution >= 4 is 46.2 Å². The van der Waals surface area contributed by atoms with Gasteiger partial charge in [-0.2, -0.15) is 20.3 Å². The highest BCUT2D eigenvalue weighted by Crippen LogP contribution is 2.19. The van der Waals surface area contributed by atoms with Crippen LogP contribution in [-0.4, -0.2) is 33.7 Å². The van der Waals surface area contributed by atoms with Crippen LogP contribution in [0.1, 0.15) is 13.8 Å². The summed E-state index contributed by atoms with van der Waals surface area (Å²) in [6.07, 6.45) is 0. The van der Waals surface area contributed by atoms with E-state index in [1.807, 2.05) is 0 Å². The van der Waals surface area contributed by atoms with Gasteiger partial charge in [0.1, 0.15) is 0 Å². The first-order valence-electron chi connectivity index (χ1n) is 6.35. The van der Waals surface area contributed by atoms with Crippen LogP contribution in [0.25, 0.3) is 0 Å². The molecule has 0 saturated heterocycles. The van der Waals surface area contributed by atoms with Crippen molar-refractivity contribution in [3.05, 3.63) is 24.3 Å². The fraction of sp³-hybridized carbons (Fsp3) is 0.231. The number of hydrazone groups is 1. The average molecular weight is 318 g/mol. The smallest absolute Gasteiger partial charge is 0.282 e. The Labute approximate surface area is 132 Å². The second-order valence-electron chi connectivity index (χ2n) is 4.58. The molecule has 0 aliphatic carbocycles. The first-order chi connectivity index (χ1) is 10.4. The Kier molecular flexibility index (Phi) is 4.56. The molecule has 0 radical (unpaired) electrons. The van der Waals surface area contributed by atoms with E-state index in [1.165, 1.54) is 6.92 Å². The fourth-order valence-electron chi connectivity index (χ4n) is 1.79. The molecule has 1 aliphatic heterocycles. The highest BCUT2D eigenvalue weighted by atomic mass is 32.1. The Balaban J connectivity index is 2.09. The van der Waals surface area contributed by atoms with Crippen molar-refractivity contribution < 1.29 is 9.59 Å². The first kappa shape index (κ1) is 15.7. The molecule has 1 aliphatic rings. The summed E-state index contributed by atoms with van der Waals surface area (Å²) in [5.74, 6) is -0.584. The van der Waals surface area contributed by atoms with E-state index in [1.54, 1.807) is 31.2 Å². The molecule has 1 atom stereocenters. The molecule has 114 valence electrons. The molecule has 22 heavy (non-hydrogen) atoms. The van der Waals surface area contributed by atoms with Crippen molar-refractivity contribution in [1.29, 1.82) is 0 Å². The highest BCUT2D eigenvalue weighted by molar-refractivity contribution is 7.80. The number of carbonyl (C=O) groups excluding carboxylic acids is 2. The van der Waals surface area contributed by atoms with E-state index in [9.17, 15) is 9.59 Å². The van der Waals surface area contributed by atoms with E-state index in [0.29, 0.717) is 17.1 Å². The van der Waals surface area contributed by atoms with Gasteiger partial charge in [0.2, 0.25) is 5.91 Å². The molecule has 0 fully saturated rings. The predicted molar refractivity (Wildman–Crippen MR) is 85.8 cm³/mol. The van der Waals surface area contributed by atoms with E-state index in [2.05, 4.69) is 20.6 Å². The van der Waals surface area contributed by atoms with Crippen LogP contribution in [0.2, 0.25) is 0 Å². The van der Waals surface area contributed by atoms with Gasteiger partial charge >= 0.3 is 0 Å². The second kappa shape index (κ2) is 6.39. The van der Waals surface area contributed by atoms with Gasteiger partial charge in [-0.3, -0.25) is 9.59 Å². The average Bonchev–Trinajstić information content (AvgIpc) is 2.73. The zero-order valence-corrected chi connectivity index (χ0v) is 12.8. The van der Waals surface area contributed by atoms with Crippen LogP contribution >= 0.6 is 12.2 Å². The van der Waals surface area contributed by atoms with Crippen LogP contribution in [0.4, 0.5) is 11.4 Å². The third-order valence-electron chi connectivity index (χ3n) is 2.78. The summed E-state index contributed by atoms with van der Waals surface area (Å²) in [4.78, 5) is 22.9. The molecular weight excluding hydrogens is 304 g/mol. The number of amides is 2. The summed E-state index contributed by atoms with van der Waals surface area (Å²) < 4.78 is 0. The summed E-state index contributed by atoms with van der Waals surface area (Å²) in [7, 11) is 0. The van der Waals surface area contributed by atoms with Gasteiger partial charge in [-0.25, -0.2) is 0 Å². The second-order valence-corrected chi connectivity index (χ2v) is 4.99. The maximum Gasteiger partial charge on any atom is 0.282 e. The van der Waals surface area contributed by atoms with Crippen LogP contribution in [0.5, 0.6) is 0 Å². The number of benzene rings is 1. The topological polar surface area (TPSA) is 113 Å². The lowest BCUT2D eigenvalue weighted by Gasteiger charge is -2.08. The zero-order valence-electron chi connectivity index (χ0n) is 12.0. The van der Waals surface area contributed by atoms with Crippen molar-refractivity contribution in [3.8, 4) is 0 Å².